The number of fused-ring (bicyclic) bond motifs is 1. The molecule has 0 radical (unpaired) electrons. The number of methoxy groups -OCH3 is 1. The lowest BCUT2D eigenvalue weighted by molar-refractivity contribution is -0.129. The molecule has 0 bridgehead atoms. The van der Waals surface area contributed by atoms with Crippen LogP contribution in [0.25, 0.3) is 11.4 Å². The molecule has 3 heterocycles. The van der Waals surface area contributed by atoms with Gasteiger partial charge in [0.1, 0.15) is 17.2 Å². The maximum absolute atomic E-state index is 12.4. The largest absolute Gasteiger partial charge is 0.497 e. The van der Waals surface area contributed by atoms with Crippen LogP contribution < -0.4 is 25.6 Å². The summed E-state index contributed by atoms with van der Waals surface area (Å²) in [4.78, 5) is 21.1. The number of nitrogens with one attached hydrogen (secondary N) is 2. The van der Waals surface area contributed by atoms with Crippen molar-refractivity contribution >= 4 is 35.8 Å². The van der Waals surface area contributed by atoms with Gasteiger partial charge in [-0.2, -0.15) is 0 Å². The molecule has 1 amide bonds. The molecule has 1 aliphatic heterocycles. The second-order valence-corrected chi connectivity index (χ2v) is 8.92. The van der Waals surface area contributed by atoms with E-state index in [2.05, 4.69) is 30.9 Å². The highest BCUT2D eigenvalue weighted by molar-refractivity contribution is 6.60. The van der Waals surface area contributed by atoms with E-state index in [0.29, 0.717) is 29.3 Å². The number of carbonyl (C=O) groups excluding carboxylic acids is 1. The minimum absolute atomic E-state index is 0.0886. The molecule has 2 aromatic heterocycles. The maximum atomic E-state index is 12.4. The van der Waals surface area contributed by atoms with Crippen LogP contribution in [0.2, 0.25) is 0 Å². The molecule has 5 rings (SSSR count). The molecule has 4 aromatic rings. The minimum Gasteiger partial charge on any atom is -0.497 e. The van der Waals surface area contributed by atoms with E-state index in [1.165, 1.54) is 6.07 Å². The Kier molecular flexibility index (Phi) is 6.23. The molecule has 2 aromatic carbocycles. The molecule has 4 N–H and O–H groups in total. The van der Waals surface area contributed by atoms with Crippen molar-refractivity contribution in [2.45, 2.75) is 26.0 Å². The van der Waals surface area contributed by atoms with Crippen LogP contribution in [-0.4, -0.2) is 60.7 Å². The zero-order valence-corrected chi connectivity index (χ0v) is 20.3. The van der Waals surface area contributed by atoms with Crippen LogP contribution in [0.1, 0.15) is 19.4 Å². The lowest BCUT2D eigenvalue weighted by atomic mass is 9.78. The van der Waals surface area contributed by atoms with Gasteiger partial charge in [0.25, 0.3) is 5.91 Å². The zero-order valence-electron chi connectivity index (χ0n) is 20.3. The molecule has 37 heavy (non-hydrogen) atoms. The Morgan fingerprint density at radius 3 is 2.68 bits per heavy atom. The Bertz CT molecular complexity index is 1460. The number of hydrogen-bond donors (Lipinski definition) is 4. The van der Waals surface area contributed by atoms with E-state index >= 15 is 0 Å². The fraction of sp³-hybridized carbons (Fsp3) is 0.208. The highest BCUT2D eigenvalue weighted by Crippen LogP contribution is 2.35. The number of amides is 1. The Labute approximate surface area is 212 Å². The Hall–Kier alpha value is -4.49. The van der Waals surface area contributed by atoms with Gasteiger partial charge < -0.3 is 30.2 Å². The van der Waals surface area contributed by atoms with Gasteiger partial charge in [-0.1, -0.05) is 17.3 Å². The van der Waals surface area contributed by atoms with Crippen LogP contribution in [0, 0.1) is 0 Å². The maximum Gasteiger partial charge on any atom is 0.492 e. The lowest BCUT2D eigenvalue weighted by Crippen LogP contribution is -2.48. The number of benzene rings is 2. The summed E-state index contributed by atoms with van der Waals surface area (Å²) < 4.78 is 12.6. The summed E-state index contributed by atoms with van der Waals surface area (Å²) >= 11 is 0. The molecule has 0 aliphatic carbocycles. The summed E-state index contributed by atoms with van der Waals surface area (Å²) in [7, 11) is -0.203. The molecule has 0 spiro atoms. The van der Waals surface area contributed by atoms with Gasteiger partial charge in [0.05, 0.1) is 31.2 Å². The number of ether oxygens (including phenoxy) is 2. The van der Waals surface area contributed by atoms with Gasteiger partial charge in [-0.15, -0.1) is 5.10 Å². The summed E-state index contributed by atoms with van der Waals surface area (Å²) in [6, 6.07) is 12.5. The van der Waals surface area contributed by atoms with Crippen molar-refractivity contribution in [3.05, 3.63) is 60.4 Å². The van der Waals surface area contributed by atoms with E-state index in [-0.39, 0.29) is 23.1 Å². The van der Waals surface area contributed by atoms with E-state index in [4.69, 9.17) is 9.47 Å². The predicted octanol–water partition coefficient (Wildman–Crippen LogP) is 1.32. The SMILES string of the molecule is COc1ccc(Cn2cc(-c3ccnc(Nc4cc5c(c(B(O)O)c4)OC(C)(C)C(=O)N5)n3)nn2)cc1. The van der Waals surface area contributed by atoms with Crippen molar-refractivity contribution in [1.82, 2.24) is 25.0 Å². The summed E-state index contributed by atoms with van der Waals surface area (Å²) in [6.07, 6.45) is 3.35. The molecule has 13 heteroatoms. The number of anilines is 3. The Morgan fingerprint density at radius 2 is 1.95 bits per heavy atom. The first-order chi connectivity index (χ1) is 17.7. The van der Waals surface area contributed by atoms with Crippen LogP contribution in [0.5, 0.6) is 11.5 Å². The van der Waals surface area contributed by atoms with Crippen LogP contribution in [0.15, 0.2) is 54.9 Å². The average molecular weight is 501 g/mol. The molecule has 0 atom stereocenters. The second-order valence-electron chi connectivity index (χ2n) is 8.92. The summed E-state index contributed by atoms with van der Waals surface area (Å²) in [5.74, 6) is 0.853. The fourth-order valence-electron chi connectivity index (χ4n) is 3.80. The van der Waals surface area contributed by atoms with Crippen molar-refractivity contribution < 1.29 is 24.3 Å². The van der Waals surface area contributed by atoms with Gasteiger partial charge in [-0.25, -0.2) is 14.6 Å². The topological polar surface area (TPSA) is 157 Å². The van der Waals surface area contributed by atoms with Crippen LogP contribution in [0.4, 0.5) is 17.3 Å². The van der Waals surface area contributed by atoms with Gasteiger partial charge in [0.15, 0.2) is 5.60 Å². The molecule has 12 nitrogen and oxygen atoms in total. The van der Waals surface area contributed by atoms with Gasteiger partial charge in [0, 0.05) is 17.3 Å². The summed E-state index contributed by atoms with van der Waals surface area (Å²) in [6.45, 7) is 3.72. The molecule has 1 aliphatic rings. The molecule has 188 valence electrons. The standard InChI is InChI=1S/C24H24BN7O5/c1-24(2)22(33)28-19-11-15(10-17(25(34)35)21(19)37-24)27-23-26-9-8-18(29-23)20-13-32(31-30-20)12-14-4-6-16(36-3)7-5-14/h4-11,13,34-35H,12H2,1-3H3,(H,28,33)(H,26,27,29). The predicted molar refractivity (Wildman–Crippen MR) is 136 cm³/mol. The van der Waals surface area contributed by atoms with Crippen LogP contribution in [-0.2, 0) is 11.3 Å². The van der Waals surface area contributed by atoms with Crippen molar-refractivity contribution in [3.63, 3.8) is 0 Å². The van der Waals surface area contributed by atoms with E-state index in [9.17, 15) is 14.8 Å². The molecule has 0 unspecified atom stereocenters. The van der Waals surface area contributed by atoms with Gasteiger partial charge >= 0.3 is 7.12 Å². The lowest BCUT2D eigenvalue weighted by Gasteiger charge is -2.33. The van der Waals surface area contributed by atoms with Gasteiger partial charge in [0.2, 0.25) is 5.95 Å². The molecular formula is C24H24BN7O5. The van der Waals surface area contributed by atoms with Crippen molar-refractivity contribution in [2.24, 2.45) is 0 Å². The van der Waals surface area contributed by atoms with Gasteiger partial charge in [-0.05, 0) is 49.7 Å². The van der Waals surface area contributed by atoms with Crippen molar-refractivity contribution in [2.75, 3.05) is 17.7 Å². The monoisotopic (exact) mass is 501 g/mol. The first-order valence-corrected chi connectivity index (χ1v) is 11.4. The molecule has 0 fully saturated rings. The second kappa shape index (κ2) is 9.52. The number of nitrogens with zero attached hydrogens (tertiary/aromatic N) is 5. The summed E-state index contributed by atoms with van der Waals surface area (Å²) in [5.41, 5.74) is 1.78. The van der Waals surface area contributed by atoms with E-state index in [1.807, 2.05) is 24.3 Å². The molecule has 0 saturated heterocycles. The van der Waals surface area contributed by atoms with E-state index in [0.717, 1.165) is 11.3 Å². The highest BCUT2D eigenvalue weighted by Gasteiger charge is 2.38. The quantitative estimate of drug-likeness (QED) is 0.273. The summed E-state index contributed by atoms with van der Waals surface area (Å²) in [5, 5.41) is 34.0. The molecular weight excluding hydrogens is 477 g/mol. The normalized spacial score (nSPS) is 13.8. The van der Waals surface area contributed by atoms with Gasteiger partial charge in [-0.3, -0.25) is 4.79 Å². The first kappa shape index (κ1) is 24.2. The third-order valence-corrected chi connectivity index (χ3v) is 5.76. The Balaban J connectivity index is 1.37. The fourth-order valence-corrected chi connectivity index (χ4v) is 3.80. The number of carbonyl (C=O) groups is 1. The third-order valence-electron chi connectivity index (χ3n) is 5.76. The average Bonchev–Trinajstić information content (AvgIpc) is 3.33. The van der Waals surface area contributed by atoms with E-state index < -0.39 is 12.7 Å². The number of aromatic nitrogens is 5. The highest BCUT2D eigenvalue weighted by atomic mass is 16.5. The van der Waals surface area contributed by atoms with Crippen molar-refractivity contribution in [1.29, 1.82) is 0 Å². The first-order valence-electron chi connectivity index (χ1n) is 11.4. The third kappa shape index (κ3) is 5.08. The molecule has 0 saturated carbocycles. The van der Waals surface area contributed by atoms with Crippen LogP contribution in [0.3, 0.4) is 0 Å². The van der Waals surface area contributed by atoms with Crippen LogP contribution >= 0.6 is 0 Å². The number of rotatable bonds is 7. The smallest absolute Gasteiger partial charge is 0.492 e. The number of hydrogen-bond acceptors (Lipinski definition) is 10. The van der Waals surface area contributed by atoms with E-state index in [1.54, 1.807) is 50.2 Å². The minimum atomic E-state index is -1.82. The zero-order chi connectivity index (χ0) is 26.2. The van der Waals surface area contributed by atoms with Crippen molar-refractivity contribution in [3.8, 4) is 22.9 Å². The Morgan fingerprint density at radius 1 is 1.16 bits per heavy atom.